The zero-order valence-corrected chi connectivity index (χ0v) is 19.1. The molecule has 6 heteroatoms. The Morgan fingerprint density at radius 3 is 1.90 bits per heavy atom. The van der Waals surface area contributed by atoms with E-state index in [0.29, 0.717) is 5.75 Å². The SMILES string of the molecule is Cc1cc(C)c(CC(=O)NS(=O)(=O)Oc2c(C(C)C)cccc2C(C)C)c(C)c1. The summed E-state index contributed by atoms with van der Waals surface area (Å²) in [6.07, 6.45) is -0.0244. The van der Waals surface area contributed by atoms with Crippen LogP contribution in [0.25, 0.3) is 0 Å². The molecular weight excluding hydrogens is 386 g/mol. The molecule has 0 aliphatic heterocycles. The lowest BCUT2D eigenvalue weighted by Crippen LogP contribution is -2.35. The number of rotatable bonds is 7. The van der Waals surface area contributed by atoms with Crippen molar-refractivity contribution in [3.8, 4) is 5.75 Å². The second kappa shape index (κ2) is 8.99. The molecule has 5 nitrogen and oxygen atoms in total. The van der Waals surface area contributed by atoms with Gasteiger partial charge in [-0.05, 0) is 60.4 Å². The Hall–Kier alpha value is -2.34. The largest absolute Gasteiger partial charge is 0.409 e. The lowest BCUT2D eigenvalue weighted by atomic mass is 9.94. The Morgan fingerprint density at radius 1 is 0.966 bits per heavy atom. The predicted molar refractivity (Wildman–Crippen MR) is 117 cm³/mol. The van der Waals surface area contributed by atoms with E-state index in [9.17, 15) is 13.2 Å². The number of hydrogen-bond acceptors (Lipinski definition) is 4. The first kappa shape index (κ1) is 22.9. The molecule has 1 amide bonds. The maximum Gasteiger partial charge on any atom is 0.409 e. The van der Waals surface area contributed by atoms with Gasteiger partial charge in [0, 0.05) is 0 Å². The van der Waals surface area contributed by atoms with E-state index in [2.05, 4.69) is 4.72 Å². The number of carbonyl (C=O) groups excluding carboxylic acids is 1. The van der Waals surface area contributed by atoms with E-state index in [1.807, 2.05) is 78.8 Å². The number of para-hydroxylation sites is 1. The van der Waals surface area contributed by atoms with Gasteiger partial charge in [-0.3, -0.25) is 4.79 Å². The smallest absolute Gasteiger partial charge is 0.366 e. The summed E-state index contributed by atoms with van der Waals surface area (Å²) in [4.78, 5) is 12.5. The maximum absolute atomic E-state index is 12.6. The highest BCUT2D eigenvalue weighted by molar-refractivity contribution is 7.85. The van der Waals surface area contributed by atoms with Gasteiger partial charge in [0.25, 0.3) is 0 Å². The topological polar surface area (TPSA) is 72.5 Å². The van der Waals surface area contributed by atoms with E-state index >= 15 is 0 Å². The summed E-state index contributed by atoms with van der Waals surface area (Å²) < 4.78 is 32.7. The van der Waals surface area contributed by atoms with Crippen molar-refractivity contribution in [1.82, 2.24) is 4.72 Å². The number of carbonyl (C=O) groups is 1. The lowest BCUT2D eigenvalue weighted by molar-refractivity contribution is -0.118. The van der Waals surface area contributed by atoms with Gasteiger partial charge in [0.1, 0.15) is 0 Å². The van der Waals surface area contributed by atoms with Crippen molar-refractivity contribution >= 4 is 16.2 Å². The predicted octanol–water partition coefficient (Wildman–Crippen LogP) is 4.84. The highest BCUT2D eigenvalue weighted by atomic mass is 32.2. The summed E-state index contributed by atoms with van der Waals surface area (Å²) in [6, 6.07) is 9.55. The molecule has 0 atom stereocenters. The number of hydrogen-bond donors (Lipinski definition) is 1. The normalized spacial score (nSPS) is 11.8. The molecule has 2 aromatic rings. The molecule has 29 heavy (non-hydrogen) atoms. The first-order valence-corrected chi connectivity index (χ1v) is 11.3. The molecule has 2 aromatic carbocycles. The molecule has 158 valence electrons. The Morgan fingerprint density at radius 2 is 1.45 bits per heavy atom. The van der Waals surface area contributed by atoms with Crippen molar-refractivity contribution in [1.29, 1.82) is 0 Å². The van der Waals surface area contributed by atoms with E-state index in [1.54, 1.807) is 0 Å². The van der Waals surface area contributed by atoms with Crippen molar-refractivity contribution in [2.45, 2.75) is 66.7 Å². The van der Waals surface area contributed by atoms with Gasteiger partial charge in [-0.1, -0.05) is 63.6 Å². The zero-order valence-electron chi connectivity index (χ0n) is 18.3. The molecule has 0 fully saturated rings. The minimum atomic E-state index is -4.30. The highest BCUT2D eigenvalue weighted by Gasteiger charge is 2.23. The average Bonchev–Trinajstić information content (AvgIpc) is 2.56. The van der Waals surface area contributed by atoms with Gasteiger partial charge in [0.2, 0.25) is 5.91 Å². The summed E-state index contributed by atoms with van der Waals surface area (Å²) in [5, 5.41) is 0. The summed E-state index contributed by atoms with van der Waals surface area (Å²) in [5.74, 6) is -0.159. The standard InChI is InChI=1S/C23H31NO4S/c1-14(2)19-9-8-10-20(15(3)4)23(19)28-29(26,27)24-22(25)13-21-17(6)11-16(5)12-18(21)7/h8-12,14-15H,13H2,1-7H3,(H,24,25). The molecule has 0 heterocycles. The van der Waals surface area contributed by atoms with Crippen LogP contribution in [0.1, 0.15) is 72.9 Å². The van der Waals surface area contributed by atoms with Crippen LogP contribution in [-0.4, -0.2) is 14.3 Å². The van der Waals surface area contributed by atoms with Crippen LogP contribution < -0.4 is 8.91 Å². The van der Waals surface area contributed by atoms with E-state index < -0.39 is 16.2 Å². The second-order valence-electron chi connectivity index (χ2n) is 8.19. The van der Waals surface area contributed by atoms with Crippen LogP contribution in [0.3, 0.4) is 0 Å². The second-order valence-corrected chi connectivity index (χ2v) is 9.47. The van der Waals surface area contributed by atoms with Gasteiger partial charge in [0.15, 0.2) is 5.75 Å². The summed E-state index contributed by atoms with van der Waals surface area (Å²) in [7, 11) is -4.30. The summed E-state index contributed by atoms with van der Waals surface area (Å²) in [6.45, 7) is 13.7. The molecule has 0 aliphatic carbocycles. The third-order valence-corrected chi connectivity index (χ3v) is 5.79. The van der Waals surface area contributed by atoms with Gasteiger partial charge in [0.05, 0.1) is 6.42 Å². The van der Waals surface area contributed by atoms with Gasteiger partial charge in [-0.25, -0.2) is 4.72 Å². The van der Waals surface area contributed by atoms with Crippen LogP contribution >= 0.6 is 0 Å². The zero-order chi connectivity index (χ0) is 21.9. The Labute approximate surface area is 174 Å². The van der Waals surface area contributed by atoms with Gasteiger partial charge >= 0.3 is 10.3 Å². The summed E-state index contributed by atoms with van der Waals surface area (Å²) in [5.41, 5.74) is 5.44. The number of benzene rings is 2. The van der Waals surface area contributed by atoms with Crippen LogP contribution in [0.4, 0.5) is 0 Å². The van der Waals surface area contributed by atoms with Crippen molar-refractivity contribution in [3.63, 3.8) is 0 Å². The number of nitrogens with one attached hydrogen (secondary N) is 1. The van der Waals surface area contributed by atoms with E-state index in [1.165, 1.54) is 0 Å². The fraction of sp³-hybridized carbons (Fsp3) is 0.435. The van der Waals surface area contributed by atoms with Crippen LogP contribution in [0.15, 0.2) is 30.3 Å². The fourth-order valence-electron chi connectivity index (χ4n) is 3.53. The van der Waals surface area contributed by atoms with E-state index in [-0.39, 0.29) is 18.3 Å². The lowest BCUT2D eigenvalue weighted by Gasteiger charge is -2.19. The summed E-state index contributed by atoms with van der Waals surface area (Å²) >= 11 is 0. The molecule has 0 aromatic heterocycles. The molecule has 0 aliphatic rings. The minimum Gasteiger partial charge on any atom is -0.366 e. The third kappa shape index (κ3) is 5.82. The molecule has 2 rings (SSSR count). The quantitative estimate of drug-likeness (QED) is 0.699. The van der Waals surface area contributed by atoms with Crippen LogP contribution in [0.2, 0.25) is 0 Å². The van der Waals surface area contributed by atoms with E-state index in [0.717, 1.165) is 33.4 Å². The molecule has 0 saturated carbocycles. The third-order valence-electron chi connectivity index (χ3n) is 4.93. The van der Waals surface area contributed by atoms with Crippen molar-refractivity contribution in [3.05, 3.63) is 63.7 Å². The Kier molecular flexibility index (Phi) is 7.11. The first-order chi connectivity index (χ1) is 13.4. The monoisotopic (exact) mass is 417 g/mol. The Bertz CT molecular complexity index is 958. The Balaban J connectivity index is 2.26. The molecule has 0 saturated heterocycles. The molecule has 0 spiro atoms. The first-order valence-electron chi connectivity index (χ1n) is 9.85. The molecule has 0 unspecified atom stereocenters. The van der Waals surface area contributed by atoms with Crippen molar-refractivity contribution < 1.29 is 17.4 Å². The number of aryl methyl sites for hydroxylation is 3. The van der Waals surface area contributed by atoms with Crippen molar-refractivity contribution in [2.75, 3.05) is 0 Å². The van der Waals surface area contributed by atoms with Crippen LogP contribution in [0, 0.1) is 20.8 Å². The minimum absolute atomic E-state index is 0.0244. The van der Waals surface area contributed by atoms with Crippen LogP contribution in [0.5, 0.6) is 5.75 Å². The molecule has 0 bridgehead atoms. The molecular formula is C23H31NO4S. The number of amides is 1. The van der Waals surface area contributed by atoms with Gasteiger partial charge in [-0.2, -0.15) is 8.42 Å². The maximum atomic E-state index is 12.6. The fourth-order valence-corrected chi connectivity index (χ4v) is 4.34. The van der Waals surface area contributed by atoms with E-state index in [4.69, 9.17) is 4.18 Å². The molecule has 1 N–H and O–H groups in total. The average molecular weight is 418 g/mol. The van der Waals surface area contributed by atoms with Crippen molar-refractivity contribution in [2.24, 2.45) is 0 Å². The highest BCUT2D eigenvalue weighted by Crippen LogP contribution is 2.35. The molecule has 0 radical (unpaired) electrons. The van der Waals surface area contributed by atoms with Gasteiger partial charge in [-0.15, -0.1) is 0 Å². The van der Waals surface area contributed by atoms with Gasteiger partial charge < -0.3 is 4.18 Å². The van der Waals surface area contributed by atoms with Crippen LogP contribution in [-0.2, 0) is 21.5 Å².